The molecule has 1 aromatic carbocycles. The number of hydrazine groups is 1. The van der Waals surface area contributed by atoms with Gasteiger partial charge in [-0.15, -0.1) is 5.10 Å². The van der Waals surface area contributed by atoms with Gasteiger partial charge in [-0.2, -0.15) is 0 Å². The van der Waals surface area contributed by atoms with Crippen LogP contribution in [0.5, 0.6) is 0 Å². The molecule has 0 bridgehead atoms. The molecule has 0 aliphatic heterocycles. The second-order valence-electron chi connectivity index (χ2n) is 4.51. The lowest BCUT2D eigenvalue weighted by Crippen LogP contribution is -2.30. The van der Waals surface area contributed by atoms with Gasteiger partial charge in [0.05, 0.1) is 16.6 Å². The zero-order valence-corrected chi connectivity index (χ0v) is 12.0. The van der Waals surface area contributed by atoms with Crippen molar-refractivity contribution < 1.29 is 4.39 Å². The van der Waals surface area contributed by atoms with Crippen LogP contribution < -0.4 is 11.3 Å². The Morgan fingerprint density at radius 2 is 2.16 bits per heavy atom. The van der Waals surface area contributed by atoms with E-state index in [1.807, 2.05) is 26.8 Å². The van der Waals surface area contributed by atoms with Gasteiger partial charge in [0.15, 0.2) is 0 Å². The average molecular weight is 280 g/mol. The number of nitrogens with one attached hydrogen (secondary N) is 1. The highest BCUT2D eigenvalue weighted by atomic mass is 32.1. The van der Waals surface area contributed by atoms with Crippen LogP contribution in [0.25, 0.3) is 0 Å². The maximum Gasteiger partial charge on any atom is 0.128 e. The monoisotopic (exact) mass is 280 g/mol. The first-order chi connectivity index (χ1) is 9.08. The molecule has 1 aromatic heterocycles. The number of hydrogen-bond acceptors (Lipinski definition) is 5. The molecule has 6 heteroatoms. The molecule has 1 heterocycles. The van der Waals surface area contributed by atoms with Crippen molar-refractivity contribution >= 4 is 11.5 Å². The van der Waals surface area contributed by atoms with Crippen LogP contribution in [0.15, 0.2) is 12.1 Å². The Kier molecular flexibility index (Phi) is 4.24. The van der Waals surface area contributed by atoms with Crippen molar-refractivity contribution in [3.63, 3.8) is 0 Å². The van der Waals surface area contributed by atoms with Crippen LogP contribution in [-0.4, -0.2) is 9.59 Å². The maximum absolute atomic E-state index is 14.2. The van der Waals surface area contributed by atoms with Crippen molar-refractivity contribution in [2.45, 2.75) is 33.2 Å². The largest absolute Gasteiger partial charge is 0.271 e. The number of benzene rings is 1. The standard InChI is InChI=1S/C13H17FN4S/c1-4-10-13(19-18-17-10)12(16-15)11-8(3)5-7(2)6-9(11)14/h5-6,12,16H,4,15H2,1-3H3. The van der Waals surface area contributed by atoms with Crippen LogP contribution in [0.2, 0.25) is 0 Å². The molecule has 3 N–H and O–H groups in total. The van der Waals surface area contributed by atoms with E-state index in [4.69, 9.17) is 5.84 Å². The van der Waals surface area contributed by atoms with Crippen LogP contribution in [-0.2, 0) is 6.42 Å². The molecule has 19 heavy (non-hydrogen) atoms. The summed E-state index contributed by atoms with van der Waals surface area (Å²) in [7, 11) is 0. The van der Waals surface area contributed by atoms with Gasteiger partial charge < -0.3 is 0 Å². The Balaban J connectivity index is 2.54. The van der Waals surface area contributed by atoms with Gasteiger partial charge in [-0.3, -0.25) is 5.84 Å². The Morgan fingerprint density at radius 1 is 1.42 bits per heavy atom. The Bertz CT molecular complexity index is 559. The van der Waals surface area contributed by atoms with E-state index >= 15 is 0 Å². The van der Waals surface area contributed by atoms with Crippen molar-refractivity contribution in [3.05, 3.63) is 45.2 Å². The average Bonchev–Trinajstić information content (AvgIpc) is 2.81. The first kappa shape index (κ1) is 14.0. The summed E-state index contributed by atoms with van der Waals surface area (Å²) in [5.41, 5.74) is 5.87. The molecule has 2 aromatic rings. The Hall–Kier alpha value is -1.37. The van der Waals surface area contributed by atoms with Gasteiger partial charge in [-0.05, 0) is 49.0 Å². The summed E-state index contributed by atoms with van der Waals surface area (Å²) in [6, 6.07) is 3.06. The van der Waals surface area contributed by atoms with E-state index in [1.165, 1.54) is 17.6 Å². The van der Waals surface area contributed by atoms with E-state index in [1.54, 1.807) is 0 Å². The van der Waals surface area contributed by atoms with Gasteiger partial charge in [0, 0.05) is 5.56 Å². The second-order valence-corrected chi connectivity index (χ2v) is 5.30. The lowest BCUT2D eigenvalue weighted by Gasteiger charge is -2.19. The van der Waals surface area contributed by atoms with E-state index in [-0.39, 0.29) is 5.82 Å². The van der Waals surface area contributed by atoms with Gasteiger partial charge in [0.25, 0.3) is 0 Å². The van der Waals surface area contributed by atoms with Crippen molar-refractivity contribution in [1.82, 2.24) is 15.0 Å². The fourth-order valence-corrected chi connectivity index (χ4v) is 3.07. The van der Waals surface area contributed by atoms with Gasteiger partial charge >= 0.3 is 0 Å². The quantitative estimate of drug-likeness (QED) is 0.667. The molecule has 102 valence electrons. The lowest BCUT2D eigenvalue weighted by molar-refractivity contribution is 0.558. The fraction of sp³-hybridized carbons (Fsp3) is 0.385. The third kappa shape index (κ3) is 2.65. The normalized spacial score (nSPS) is 12.7. The molecular weight excluding hydrogens is 263 g/mol. The van der Waals surface area contributed by atoms with Crippen molar-refractivity contribution in [2.24, 2.45) is 5.84 Å². The number of hydrogen-bond donors (Lipinski definition) is 2. The van der Waals surface area contributed by atoms with Crippen LogP contribution in [0.1, 0.15) is 40.2 Å². The van der Waals surface area contributed by atoms with Crippen molar-refractivity contribution in [2.75, 3.05) is 0 Å². The molecule has 4 nitrogen and oxygen atoms in total. The Labute approximate surface area is 116 Å². The molecule has 0 saturated carbocycles. The van der Waals surface area contributed by atoms with Crippen LogP contribution >= 0.6 is 11.5 Å². The molecule has 1 atom stereocenters. The Morgan fingerprint density at radius 3 is 2.74 bits per heavy atom. The van der Waals surface area contributed by atoms with Crippen LogP contribution in [0.3, 0.4) is 0 Å². The van der Waals surface area contributed by atoms with Crippen molar-refractivity contribution in [1.29, 1.82) is 0 Å². The summed E-state index contributed by atoms with van der Waals surface area (Å²) < 4.78 is 18.2. The van der Waals surface area contributed by atoms with E-state index in [0.29, 0.717) is 5.56 Å². The summed E-state index contributed by atoms with van der Waals surface area (Å²) in [5.74, 6) is 5.38. The number of aryl methyl sites for hydroxylation is 3. The number of nitrogens with zero attached hydrogens (tertiary/aromatic N) is 2. The molecule has 0 amide bonds. The zero-order chi connectivity index (χ0) is 14.0. The maximum atomic E-state index is 14.2. The molecular formula is C13H17FN4S. The van der Waals surface area contributed by atoms with Gasteiger partial charge in [-0.25, -0.2) is 9.82 Å². The highest BCUT2D eigenvalue weighted by molar-refractivity contribution is 7.05. The number of nitrogens with two attached hydrogens (primary N) is 1. The second kappa shape index (κ2) is 5.73. The SMILES string of the molecule is CCc1nnsc1C(NN)c1c(C)cc(C)cc1F. The number of aromatic nitrogens is 2. The third-order valence-electron chi connectivity index (χ3n) is 3.12. The number of rotatable bonds is 4. The first-order valence-electron chi connectivity index (χ1n) is 6.12. The minimum absolute atomic E-state index is 0.254. The predicted octanol–water partition coefficient (Wildman–Crippen LogP) is 2.41. The van der Waals surface area contributed by atoms with E-state index in [2.05, 4.69) is 15.0 Å². The minimum Gasteiger partial charge on any atom is -0.271 e. The minimum atomic E-state index is -0.407. The molecule has 0 saturated heterocycles. The molecule has 0 radical (unpaired) electrons. The summed E-state index contributed by atoms with van der Waals surface area (Å²) in [6.45, 7) is 5.75. The summed E-state index contributed by atoms with van der Waals surface area (Å²) in [6.07, 6.45) is 0.747. The van der Waals surface area contributed by atoms with E-state index in [9.17, 15) is 4.39 Å². The molecule has 0 spiro atoms. The summed E-state index contributed by atoms with van der Waals surface area (Å²) in [4.78, 5) is 0.871. The van der Waals surface area contributed by atoms with Crippen LogP contribution in [0, 0.1) is 19.7 Å². The lowest BCUT2D eigenvalue weighted by atomic mass is 9.96. The molecule has 0 fully saturated rings. The third-order valence-corrected chi connectivity index (χ3v) is 3.95. The first-order valence-corrected chi connectivity index (χ1v) is 6.89. The van der Waals surface area contributed by atoms with Gasteiger partial charge in [0.2, 0.25) is 0 Å². The molecule has 1 unspecified atom stereocenters. The highest BCUT2D eigenvalue weighted by Crippen LogP contribution is 2.31. The highest BCUT2D eigenvalue weighted by Gasteiger charge is 2.24. The zero-order valence-electron chi connectivity index (χ0n) is 11.2. The molecule has 0 aliphatic rings. The predicted molar refractivity (Wildman–Crippen MR) is 74.3 cm³/mol. The van der Waals surface area contributed by atoms with Crippen LogP contribution in [0.4, 0.5) is 4.39 Å². The van der Waals surface area contributed by atoms with Gasteiger partial charge in [0.1, 0.15) is 5.82 Å². The summed E-state index contributed by atoms with van der Waals surface area (Å²) >= 11 is 1.25. The van der Waals surface area contributed by atoms with Gasteiger partial charge in [-0.1, -0.05) is 17.5 Å². The smallest absolute Gasteiger partial charge is 0.128 e. The topological polar surface area (TPSA) is 63.8 Å². The fourth-order valence-electron chi connectivity index (χ4n) is 2.26. The molecule has 2 rings (SSSR count). The number of halogens is 1. The molecule has 0 aliphatic carbocycles. The summed E-state index contributed by atoms with van der Waals surface area (Å²) in [5, 5.41) is 4.06. The van der Waals surface area contributed by atoms with E-state index < -0.39 is 6.04 Å². The van der Waals surface area contributed by atoms with E-state index in [0.717, 1.165) is 28.1 Å². The van der Waals surface area contributed by atoms with Crippen molar-refractivity contribution in [3.8, 4) is 0 Å².